The summed E-state index contributed by atoms with van der Waals surface area (Å²) >= 11 is 0. The molecule has 0 fully saturated rings. The lowest BCUT2D eigenvalue weighted by molar-refractivity contribution is 0.0512. The van der Waals surface area contributed by atoms with E-state index in [2.05, 4.69) is 4.57 Å². The summed E-state index contributed by atoms with van der Waals surface area (Å²) in [6.07, 6.45) is 3.47. The standard InChI is InChI=1S/C11H15NO2/c1-2-14-11(13)10-7-6-9-5-3-4-8-12(9)10/h6-7H,2-5,8H2,1H3. The molecule has 2 heterocycles. The highest BCUT2D eigenvalue weighted by molar-refractivity contribution is 5.88. The first kappa shape index (κ1) is 9.31. The maximum atomic E-state index is 11.5. The topological polar surface area (TPSA) is 31.2 Å². The van der Waals surface area contributed by atoms with Crippen LogP contribution >= 0.6 is 0 Å². The number of hydrogen-bond donors (Lipinski definition) is 0. The molecule has 0 saturated carbocycles. The fourth-order valence-electron chi connectivity index (χ4n) is 1.95. The molecule has 3 nitrogen and oxygen atoms in total. The van der Waals surface area contributed by atoms with Crippen LogP contribution in [-0.4, -0.2) is 17.1 Å². The molecule has 0 bridgehead atoms. The first-order valence-electron chi connectivity index (χ1n) is 5.18. The van der Waals surface area contributed by atoms with Crippen LogP contribution in [0.5, 0.6) is 0 Å². The molecule has 2 rings (SSSR count). The molecule has 1 aliphatic heterocycles. The van der Waals surface area contributed by atoms with E-state index in [1.807, 2.05) is 19.1 Å². The summed E-state index contributed by atoms with van der Waals surface area (Å²) in [6, 6.07) is 3.91. The minimum absolute atomic E-state index is 0.194. The average molecular weight is 193 g/mol. The lowest BCUT2D eigenvalue weighted by Gasteiger charge is -2.17. The lowest BCUT2D eigenvalue weighted by atomic mass is 10.1. The zero-order valence-corrected chi connectivity index (χ0v) is 8.45. The van der Waals surface area contributed by atoms with Gasteiger partial charge in [-0.15, -0.1) is 0 Å². The molecule has 0 saturated heterocycles. The Morgan fingerprint density at radius 2 is 2.36 bits per heavy atom. The molecule has 0 radical (unpaired) electrons. The summed E-state index contributed by atoms with van der Waals surface area (Å²) in [4.78, 5) is 11.5. The van der Waals surface area contributed by atoms with Crippen LogP contribution in [0.15, 0.2) is 12.1 Å². The highest BCUT2D eigenvalue weighted by Gasteiger charge is 2.17. The minimum Gasteiger partial charge on any atom is -0.461 e. The predicted octanol–water partition coefficient (Wildman–Crippen LogP) is 2.00. The smallest absolute Gasteiger partial charge is 0.354 e. The van der Waals surface area contributed by atoms with Gasteiger partial charge in [-0.3, -0.25) is 0 Å². The van der Waals surface area contributed by atoms with Crippen LogP contribution in [0.1, 0.15) is 35.9 Å². The van der Waals surface area contributed by atoms with Gasteiger partial charge in [0.1, 0.15) is 5.69 Å². The second kappa shape index (κ2) is 3.86. The number of nitrogens with zero attached hydrogens (tertiary/aromatic N) is 1. The van der Waals surface area contributed by atoms with Crippen molar-refractivity contribution in [1.82, 2.24) is 4.57 Å². The number of carbonyl (C=O) groups excluding carboxylic acids is 1. The Kier molecular flexibility index (Phi) is 2.57. The summed E-state index contributed by atoms with van der Waals surface area (Å²) < 4.78 is 7.08. The number of ether oxygens (including phenoxy) is 1. The van der Waals surface area contributed by atoms with Crippen LogP contribution in [0, 0.1) is 0 Å². The van der Waals surface area contributed by atoms with Crippen molar-refractivity contribution < 1.29 is 9.53 Å². The van der Waals surface area contributed by atoms with E-state index >= 15 is 0 Å². The van der Waals surface area contributed by atoms with Gasteiger partial charge >= 0.3 is 5.97 Å². The van der Waals surface area contributed by atoms with Gasteiger partial charge in [0, 0.05) is 12.2 Å². The van der Waals surface area contributed by atoms with Gasteiger partial charge in [-0.25, -0.2) is 4.79 Å². The van der Waals surface area contributed by atoms with E-state index in [0.717, 1.165) is 19.4 Å². The van der Waals surface area contributed by atoms with Crippen molar-refractivity contribution in [3.8, 4) is 0 Å². The van der Waals surface area contributed by atoms with E-state index in [4.69, 9.17) is 4.74 Å². The quantitative estimate of drug-likeness (QED) is 0.673. The molecule has 1 aliphatic rings. The number of rotatable bonds is 2. The van der Waals surface area contributed by atoms with Gasteiger partial charge in [0.2, 0.25) is 0 Å². The second-order valence-electron chi connectivity index (χ2n) is 3.54. The zero-order valence-electron chi connectivity index (χ0n) is 8.45. The van der Waals surface area contributed by atoms with E-state index in [0.29, 0.717) is 12.3 Å². The number of fused-ring (bicyclic) bond motifs is 1. The minimum atomic E-state index is -0.194. The van der Waals surface area contributed by atoms with Crippen LogP contribution < -0.4 is 0 Å². The number of aryl methyl sites for hydroxylation is 1. The van der Waals surface area contributed by atoms with Gasteiger partial charge in [0.25, 0.3) is 0 Å². The molecule has 0 unspecified atom stereocenters. The number of hydrogen-bond acceptors (Lipinski definition) is 2. The zero-order chi connectivity index (χ0) is 9.97. The molecule has 14 heavy (non-hydrogen) atoms. The van der Waals surface area contributed by atoms with Crippen molar-refractivity contribution in [2.24, 2.45) is 0 Å². The molecule has 0 aliphatic carbocycles. The fraction of sp³-hybridized carbons (Fsp3) is 0.545. The monoisotopic (exact) mass is 193 g/mol. The van der Waals surface area contributed by atoms with Crippen molar-refractivity contribution in [3.05, 3.63) is 23.5 Å². The fourth-order valence-corrected chi connectivity index (χ4v) is 1.95. The number of esters is 1. The van der Waals surface area contributed by atoms with Crippen LogP contribution in [-0.2, 0) is 17.7 Å². The number of carbonyl (C=O) groups is 1. The molecule has 1 aromatic heterocycles. The van der Waals surface area contributed by atoms with E-state index < -0.39 is 0 Å². The maximum absolute atomic E-state index is 11.5. The summed E-state index contributed by atoms with van der Waals surface area (Å²) in [5.41, 5.74) is 1.97. The van der Waals surface area contributed by atoms with Crippen molar-refractivity contribution >= 4 is 5.97 Å². The summed E-state index contributed by atoms with van der Waals surface area (Å²) in [5.74, 6) is -0.194. The van der Waals surface area contributed by atoms with Crippen molar-refractivity contribution in [1.29, 1.82) is 0 Å². The summed E-state index contributed by atoms with van der Waals surface area (Å²) in [6.45, 7) is 3.23. The van der Waals surface area contributed by atoms with Gasteiger partial charge in [-0.05, 0) is 38.3 Å². The lowest BCUT2D eigenvalue weighted by Crippen LogP contribution is -2.17. The van der Waals surface area contributed by atoms with Gasteiger partial charge in [0.05, 0.1) is 6.61 Å². The Hall–Kier alpha value is -1.25. The van der Waals surface area contributed by atoms with Gasteiger partial charge in [0.15, 0.2) is 0 Å². The predicted molar refractivity (Wildman–Crippen MR) is 53.3 cm³/mol. The van der Waals surface area contributed by atoms with Crippen LogP contribution in [0.2, 0.25) is 0 Å². The Morgan fingerprint density at radius 1 is 1.50 bits per heavy atom. The summed E-state index contributed by atoms with van der Waals surface area (Å²) in [5, 5.41) is 0. The van der Waals surface area contributed by atoms with Gasteiger partial charge in [-0.2, -0.15) is 0 Å². The molecule has 0 N–H and O–H groups in total. The maximum Gasteiger partial charge on any atom is 0.354 e. The molecule has 3 heteroatoms. The van der Waals surface area contributed by atoms with Crippen LogP contribution in [0.4, 0.5) is 0 Å². The molecule has 0 amide bonds. The Bertz CT molecular complexity index is 341. The Morgan fingerprint density at radius 3 is 3.14 bits per heavy atom. The molecule has 0 aromatic carbocycles. The second-order valence-corrected chi connectivity index (χ2v) is 3.54. The van der Waals surface area contributed by atoms with Gasteiger partial charge < -0.3 is 9.30 Å². The highest BCUT2D eigenvalue weighted by atomic mass is 16.5. The highest BCUT2D eigenvalue weighted by Crippen LogP contribution is 2.19. The van der Waals surface area contributed by atoms with Crippen LogP contribution in [0.3, 0.4) is 0 Å². The molecule has 76 valence electrons. The van der Waals surface area contributed by atoms with E-state index in [-0.39, 0.29) is 5.97 Å². The molecular weight excluding hydrogens is 178 g/mol. The normalized spacial score (nSPS) is 14.9. The SMILES string of the molecule is CCOC(=O)c1ccc2n1CCCC2. The van der Waals surface area contributed by atoms with Gasteiger partial charge in [-0.1, -0.05) is 0 Å². The average Bonchev–Trinajstić information content (AvgIpc) is 2.61. The first-order valence-corrected chi connectivity index (χ1v) is 5.18. The molecular formula is C11H15NO2. The largest absolute Gasteiger partial charge is 0.461 e. The third-order valence-corrected chi connectivity index (χ3v) is 2.62. The van der Waals surface area contributed by atoms with E-state index in [9.17, 15) is 4.79 Å². The Labute approximate surface area is 83.7 Å². The third-order valence-electron chi connectivity index (χ3n) is 2.62. The number of aromatic nitrogens is 1. The first-order chi connectivity index (χ1) is 6.83. The van der Waals surface area contributed by atoms with E-state index in [1.165, 1.54) is 12.1 Å². The van der Waals surface area contributed by atoms with E-state index in [1.54, 1.807) is 0 Å². The molecule has 0 atom stereocenters. The summed E-state index contributed by atoms with van der Waals surface area (Å²) in [7, 11) is 0. The molecule has 1 aromatic rings. The van der Waals surface area contributed by atoms with Crippen molar-refractivity contribution in [2.45, 2.75) is 32.7 Å². The van der Waals surface area contributed by atoms with Crippen molar-refractivity contribution in [3.63, 3.8) is 0 Å². The molecule has 0 spiro atoms. The Balaban J connectivity index is 2.25. The van der Waals surface area contributed by atoms with Crippen molar-refractivity contribution in [2.75, 3.05) is 6.61 Å². The van der Waals surface area contributed by atoms with Crippen LogP contribution in [0.25, 0.3) is 0 Å². The third kappa shape index (κ3) is 1.54.